The summed E-state index contributed by atoms with van der Waals surface area (Å²) in [6.45, 7) is -2.04. The van der Waals surface area contributed by atoms with Gasteiger partial charge in [0.05, 0.1) is 30.5 Å². The summed E-state index contributed by atoms with van der Waals surface area (Å²) >= 11 is 7.75. The van der Waals surface area contributed by atoms with Crippen LogP contribution in [0.1, 0.15) is 11.8 Å². The highest BCUT2D eigenvalue weighted by Crippen LogP contribution is 2.38. The Morgan fingerprint density at radius 1 is 1.33 bits per heavy atom. The van der Waals surface area contributed by atoms with Crippen LogP contribution in [0.2, 0.25) is 5.02 Å². The van der Waals surface area contributed by atoms with Gasteiger partial charge < -0.3 is 25.2 Å². The normalized spacial score (nSPS) is 12.2. The molecule has 0 saturated heterocycles. The molecule has 4 rings (SSSR count). The van der Waals surface area contributed by atoms with Crippen molar-refractivity contribution in [1.29, 1.82) is 0 Å². The fourth-order valence-electron chi connectivity index (χ4n) is 3.66. The van der Waals surface area contributed by atoms with Crippen molar-refractivity contribution in [3.8, 4) is 17.0 Å². The van der Waals surface area contributed by atoms with Crippen LogP contribution in [0.3, 0.4) is 0 Å². The van der Waals surface area contributed by atoms with E-state index < -0.39 is 12.8 Å². The molecule has 3 N–H and O–H groups in total. The number of alkyl halides is 2. The van der Waals surface area contributed by atoms with Crippen LogP contribution in [0, 0.1) is 0 Å². The van der Waals surface area contributed by atoms with E-state index in [2.05, 4.69) is 25.8 Å². The van der Waals surface area contributed by atoms with Crippen LogP contribution < -0.4 is 15.4 Å². The van der Waals surface area contributed by atoms with Crippen LogP contribution in [0.25, 0.3) is 16.9 Å². The lowest BCUT2D eigenvalue weighted by atomic mass is 10.1. The zero-order valence-corrected chi connectivity index (χ0v) is 22.3. The maximum atomic E-state index is 13.1. The largest absolute Gasteiger partial charge is 0.464 e. The number of halogens is 3. The monoisotopic (exact) mass is 581 g/mol. The maximum Gasteiger partial charge on any atom is 0.387 e. The van der Waals surface area contributed by atoms with Gasteiger partial charge in [0.2, 0.25) is 0 Å². The number of hydrogen-bond acceptors (Lipinski definition) is 10. The Balaban J connectivity index is 1.57. The van der Waals surface area contributed by atoms with Gasteiger partial charge in [0.1, 0.15) is 18.1 Å². The number of anilines is 1. The number of rotatable bonds is 14. The van der Waals surface area contributed by atoms with E-state index in [1.165, 1.54) is 33.6 Å². The summed E-state index contributed by atoms with van der Waals surface area (Å²) in [6.07, 6.45) is 6.99. The average Bonchev–Trinajstić information content (AvgIpc) is 3.52. The summed E-state index contributed by atoms with van der Waals surface area (Å²) in [5.41, 5.74) is 1.55. The van der Waals surface area contributed by atoms with Crippen molar-refractivity contribution in [2.24, 2.45) is 0 Å². The zero-order valence-electron chi connectivity index (χ0n) is 20.8. The predicted molar refractivity (Wildman–Crippen MR) is 143 cm³/mol. The van der Waals surface area contributed by atoms with Gasteiger partial charge in [0, 0.05) is 41.5 Å². The molecule has 1 unspecified atom stereocenters. The average molecular weight is 582 g/mol. The molecule has 0 bridgehead atoms. The summed E-state index contributed by atoms with van der Waals surface area (Å²) in [6, 6.07) is 5.90. The van der Waals surface area contributed by atoms with E-state index in [-0.39, 0.29) is 34.5 Å². The predicted octanol–water partition coefficient (Wildman–Crippen LogP) is 3.45. The van der Waals surface area contributed by atoms with Crippen LogP contribution in [-0.2, 0) is 16.1 Å². The van der Waals surface area contributed by atoms with Crippen molar-refractivity contribution in [3.63, 3.8) is 0 Å². The second kappa shape index (κ2) is 13.6. The molecule has 3 aromatic heterocycles. The Hall–Kier alpha value is -3.46. The van der Waals surface area contributed by atoms with Crippen molar-refractivity contribution in [3.05, 3.63) is 59.6 Å². The minimum atomic E-state index is -3.07. The molecule has 15 heteroatoms. The molecule has 1 aromatic carbocycles. The first-order chi connectivity index (χ1) is 18.9. The van der Waals surface area contributed by atoms with E-state index >= 15 is 0 Å². The number of carbonyl (C=O) groups excluding carboxylic acids is 1. The second-order valence-corrected chi connectivity index (χ2v) is 9.52. The van der Waals surface area contributed by atoms with Gasteiger partial charge in [-0.15, -0.1) is 0 Å². The first kappa shape index (κ1) is 28.5. The van der Waals surface area contributed by atoms with Gasteiger partial charge in [-0.05, 0) is 30.5 Å². The molecular weight excluding hydrogens is 556 g/mol. The number of carbonyl (C=O) groups is 1. The van der Waals surface area contributed by atoms with Crippen molar-refractivity contribution in [1.82, 2.24) is 29.7 Å². The number of hydrogen-bond donors (Lipinski definition) is 3. The minimum absolute atomic E-state index is 0.0225. The number of nitrogens with one attached hydrogen (secondary N) is 2. The summed E-state index contributed by atoms with van der Waals surface area (Å²) in [7, 11) is 0. The van der Waals surface area contributed by atoms with Crippen LogP contribution in [0.4, 0.5) is 14.5 Å². The lowest BCUT2D eigenvalue weighted by molar-refractivity contribution is -0.141. The first-order valence-electron chi connectivity index (χ1n) is 11.8. The van der Waals surface area contributed by atoms with Crippen molar-refractivity contribution in [2.45, 2.75) is 19.4 Å². The molecule has 0 amide bonds. The number of aliphatic hydroxyl groups excluding tert-OH is 1. The summed E-state index contributed by atoms with van der Waals surface area (Å²) in [5, 5.41) is 25.9. The maximum absolute atomic E-state index is 13.1. The Morgan fingerprint density at radius 3 is 2.97 bits per heavy atom. The number of nitrogens with zero attached hydrogens (tertiary/aromatic N) is 5. The molecular formula is C24H26ClF2N7O4S. The van der Waals surface area contributed by atoms with E-state index in [4.69, 9.17) is 21.1 Å². The second-order valence-electron chi connectivity index (χ2n) is 8.10. The highest BCUT2D eigenvalue weighted by molar-refractivity contribution is 7.98. The van der Waals surface area contributed by atoms with Gasteiger partial charge in [-0.25, -0.2) is 9.50 Å². The van der Waals surface area contributed by atoms with Crippen molar-refractivity contribution < 1.29 is 28.2 Å². The molecule has 0 aliphatic heterocycles. The molecule has 0 radical (unpaired) electrons. The standard InChI is InChI=1S/C24H26ClF2N7O4S/c1-39-10-9-37-20(35)13-28-6-8-33-14-18(31-23(36)17-12-30-34-7-2-5-29-22(17)34)21(32-33)16-11-15(25)3-4-19(16)38-24(26)27/h2-5,7,11-12,14,23-24,28,31,36H,6,8-10,13H2,1H3. The Bertz CT molecular complexity index is 1400. The Labute approximate surface area is 231 Å². The SMILES string of the molecule is CSCCOC(=O)CNCCn1cc(NC(O)c2cnn3cccnc23)c(-c2cc(Cl)ccc2OC(F)F)n1. The molecule has 11 nitrogen and oxygen atoms in total. The van der Waals surface area contributed by atoms with E-state index in [0.717, 1.165) is 5.75 Å². The number of aliphatic hydroxyl groups is 1. The summed E-state index contributed by atoms with van der Waals surface area (Å²) in [4.78, 5) is 16.1. The van der Waals surface area contributed by atoms with E-state index in [1.807, 2.05) is 6.26 Å². The first-order valence-corrected chi connectivity index (χ1v) is 13.5. The van der Waals surface area contributed by atoms with Crippen molar-refractivity contribution in [2.75, 3.05) is 37.0 Å². The number of fused-ring (bicyclic) bond motifs is 1. The number of esters is 1. The zero-order chi connectivity index (χ0) is 27.8. The topological polar surface area (TPSA) is 128 Å². The molecule has 4 aromatic rings. The van der Waals surface area contributed by atoms with Crippen LogP contribution in [0.5, 0.6) is 5.75 Å². The number of benzene rings is 1. The Kier molecular flexibility index (Phi) is 9.92. The van der Waals surface area contributed by atoms with Crippen LogP contribution in [0.15, 0.2) is 49.1 Å². The van der Waals surface area contributed by atoms with Crippen LogP contribution >= 0.6 is 23.4 Å². The summed E-state index contributed by atoms with van der Waals surface area (Å²) < 4.78 is 39.1. The molecule has 0 fully saturated rings. The van der Waals surface area contributed by atoms with Crippen LogP contribution in [-0.4, -0.2) is 73.8 Å². The van der Waals surface area contributed by atoms with Gasteiger partial charge in [0.15, 0.2) is 11.9 Å². The van der Waals surface area contributed by atoms with Gasteiger partial charge in [0.25, 0.3) is 0 Å². The molecule has 208 valence electrons. The quantitative estimate of drug-likeness (QED) is 0.116. The minimum Gasteiger partial charge on any atom is -0.464 e. The van der Waals surface area contributed by atoms with Gasteiger partial charge in [-0.1, -0.05) is 11.6 Å². The summed E-state index contributed by atoms with van der Waals surface area (Å²) in [5.74, 6) is 0.210. The molecule has 3 heterocycles. The third-order valence-electron chi connectivity index (χ3n) is 5.41. The van der Waals surface area contributed by atoms with E-state index in [0.29, 0.717) is 36.6 Å². The molecule has 0 saturated carbocycles. The molecule has 39 heavy (non-hydrogen) atoms. The molecule has 0 aliphatic carbocycles. The lowest BCUT2D eigenvalue weighted by Gasteiger charge is -2.14. The van der Waals surface area contributed by atoms with Crippen molar-refractivity contribution >= 4 is 40.7 Å². The fraction of sp³-hybridized carbons (Fsp3) is 0.333. The van der Waals surface area contributed by atoms with Gasteiger partial charge >= 0.3 is 12.6 Å². The lowest BCUT2D eigenvalue weighted by Crippen LogP contribution is -2.28. The molecule has 0 aliphatic rings. The van der Waals surface area contributed by atoms with Gasteiger partial charge in [-0.3, -0.25) is 9.48 Å². The highest BCUT2D eigenvalue weighted by atomic mass is 35.5. The number of aromatic nitrogens is 5. The van der Waals surface area contributed by atoms with E-state index in [9.17, 15) is 18.7 Å². The number of ether oxygens (including phenoxy) is 2. The molecule has 0 spiro atoms. The van der Waals surface area contributed by atoms with Gasteiger partial charge in [-0.2, -0.15) is 30.7 Å². The number of thioether (sulfide) groups is 1. The highest BCUT2D eigenvalue weighted by Gasteiger charge is 2.22. The molecule has 1 atom stereocenters. The fourth-order valence-corrected chi connectivity index (χ4v) is 4.09. The third kappa shape index (κ3) is 7.56. The third-order valence-corrected chi connectivity index (χ3v) is 6.22. The Morgan fingerprint density at radius 2 is 2.18 bits per heavy atom. The van der Waals surface area contributed by atoms with E-state index in [1.54, 1.807) is 36.4 Å². The smallest absolute Gasteiger partial charge is 0.387 e.